The van der Waals surface area contributed by atoms with Gasteiger partial charge in [0.25, 0.3) is 0 Å². The Balaban J connectivity index is 1.71. The van der Waals surface area contributed by atoms with Crippen LogP contribution in [0.3, 0.4) is 0 Å². The molecule has 25 heavy (non-hydrogen) atoms. The summed E-state index contributed by atoms with van der Waals surface area (Å²) in [6.07, 6.45) is 1.88. The van der Waals surface area contributed by atoms with E-state index in [9.17, 15) is 0 Å². The molecule has 0 saturated carbocycles. The highest BCUT2D eigenvalue weighted by molar-refractivity contribution is 9.10. The van der Waals surface area contributed by atoms with Gasteiger partial charge in [0.15, 0.2) is 0 Å². The highest BCUT2D eigenvalue weighted by Crippen LogP contribution is 2.27. The quantitative estimate of drug-likeness (QED) is 0.459. The van der Waals surface area contributed by atoms with Crippen LogP contribution in [0.2, 0.25) is 0 Å². The van der Waals surface area contributed by atoms with Crippen molar-refractivity contribution in [3.8, 4) is 5.75 Å². The molecule has 0 amide bonds. The van der Waals surface area contributed by atoms with Gasteiger partial charge in [-0.25, -0.2) is 0 Å². The van der Waals surface area contributed by atoms with Crippen molar-refractivity contribution in [2.24, 2.45) is 4.99 Å². The summed E-state index contributed by atoms with van der Waals surface area (Å²) >= 11 is 3.59. The van der Waals surface area contributed by atoms with Gasteiger partial charge in [-0.1, -0.05) is 42.5 Å². The largest absolute Gasteiger partial charge is 0.488 e. The lowest BCUT2D eigenvalue weighted by Crippen LogP contribution is -1.96. The van der Waals surface area contributed by atoms with E-state index in [0.29, 0.717) is 6.61 Å². The van der Waals surface area contributed by atoms with Crippen LogP contribution in [0.5, 0.6) is 5.75 Å². The lowest BCUT2D eigenvalue weighted by atomic mass is 10.1. The predicted molar refractivity (Wildman–Crippen MR) is 108 cm³/mol. The van der Waals surface area contributed by atoms with E-state index in [1.165, 1.54) is 11.1 Å². The van der Waals surface area contributed by atoms with E-state index >= 15 is 0 Å². The fraction of sp³-hybridized carbons (Fsp3) is 0.136. The number of aliphatic imine (C=N–C) groups is 1. The van der Waals surface area contributed by atoms with Gasteiger partial charge in [-0.2, -0.15) is 0 Å². The molecule has 0 radical (unpaired) electrons. The van der Waals surface area contributed by atoms with Crippen LogP contribution >= 0.6 is 15.9 Å². The highest BCUT2D eigenvalue weighted by Gasteiger charge is 2.03. The van der Waals surface area contributed by atoms with Crippen LogP contribution in [0.4, 0.5) is 5.69 Å². The number of halogens is 1. The number of ether oxygens (including phenoxy) is 1. The van der Waals surface area contributed by atoms with E-state index in [1.807, 2.05) is 54.7 Å². The molecule has 0 fully saturated rings. The van der Waals surface area contributed by atoms with E-state index in [2.05, 4.69) is 53.0 Å². The van der Waals surface area contributed by atoms with Gasteiger partial charge < -0.3 is 4.74 Å². The summed E-state index contributed by atoms with van der Waals surface area (Å²) < 4.78 is 6.81. The first kappa shape index (κ1) is 17.4. The third-order valence-corrected chi connectivity index (χ3v) is 4.74. The molecule has 3 aromatic rings. The Morgan fingerprint density at radius 1 is 0.960 bits per heavy atom. The molecule has 0 aliphatic rings. The Morgan fingerprint density at radius 3 is 2.52 bits per heavy atom. The van der Waals surface area contributed by atoms with Gasteiger partial charge in [0.05, 0.1) is 10.2 Å². The monoisotopic (exact) mass is 393 g/mol. The van der Waals surface area contributed by atoms with E-state index in [-0.39, 0.29) is 0 Å². The SMILES string of the molecule is Cc1cccc(N=Cc2ccc(OCc3ccccc3)c(Br)c2)c1C. The topological polar surface area (TPSA) is 21.6 Å². The normalized spacial score (nSPS) is 11.0. The van der Waals surface area contributed by atoms with E-state index in [4.69, 9.17) is 4.74 Å². The third-order valence-electron chi connectivity index (χ3n) is 4.12. The first-order valence-electron chi connectivity index (χ1n) is 8.20. The Kier molecular flexibility index (Phi) is 5.67. The fourth-order valence-corrected chi connectivity index (χ4v) is 2.98. The van der Waals surface area contributed by atoms with Crippen molar-refractivity contribution >= 4 is 27.8 Å². The molecule has 0 atom stereocenters. The molecule has 0 aromatic heterocycles. The van der Waals surface area contributed by atoms with Crippen molar-refractivity contribution in [3.05, 3.63) is 93.5 Å². The Hall–Kier alpha value is -2.39. The predicted octanol–water partition coefficient (Wildman–Crippen LogP) is 6.40. The van der Waals surface area contributed by atoms with Crippen LogP contribution in [-0.4, -0.2) is 6.21 Å². The molecule has 2 nitrogen and oxygen atoms in total. The number of hydrogen-bond acceptors (Lipinski definition) is 2. The standard InChI is InChI=1S/C22H20BrNO/c1-16-7-6-10-21(17(16)2)24-14-19-11-12-22(20(23)13-19)25-15-18-8-4-3-5-9-18/h3-14H,15H2,1-2H3. The van der Waals surface area contributed by atoms with Crippen LogP contribution in [0.25, 0.3) is 0 Å². The van der Waals surface area contributed by atoms with Gasteiger partial charge >= 0.3 is 0 Å². The second-order valence-corrected chi connectivity index (χ2v) is 6.80. The van der Waals surface area contributed by atoms with Crippen LogP contribution in [0.1, 0.15) is 22.3 Å². The van der Waals surface area contributed by atoms with E-state index < -0.39 is 0 Å². The average Bonchev–Trinajstić information content (AvgIpc) is 2.63. The molecule has 0 saturated heterocycles. The number of nitrogens with zero attached hydrogens (tertiary/aromatic N) is 1. The molecule has 0 heterocycles. The summed E-state index contributed by atoms with van der Waals surface area (Å²) in [5, 5.41) is 0. The minimum Gasteiger partial charge on any atom is -0.488 e. The lowest BCUT2D eigenvalue weighted by molar-refractivity contribution is 0.304. The summed E-state index contributed by atoms with van der Waals surface area (Å²) in [6, 6.07) is 22.3. The maximum Gasteiger partial charge on any atom is 0.134 e. The van der Waals surface area contributed by atoms with Crippen LogP contribution in [-0.2, 0) is 6.61 Å². The van der Waals surface area contributed by atoms with Crippen LogP contribution < -0.4 is 4.74 Å². The molecule has 3 heteroatoms. The molecular weight excluding hydrogens is 374 g/mol. The maximum atomic E-state index is 5.88. The highest BCUT2D eigenvalue weighted by atomic mass is 79.9. The molecule has 0 aliphatic heterocycles. The van der Waals surface area contributed by atoms with Crippen LogP contribution in [0, 0.1) is 13.8 Å². The summed E-state index contributed by atoms with van der Waals surface area (Å²) in [7, 11) is 0. The van der Waals surface area contributed by atoms with E-state index in [0.717, 1.165) is 27.0 Å². The second-order valence-electron chi connectivity index (χ2n) is 5.94. The summed E-state index contributed by atoms with van der Waals surface area (Å²) in [5.41, 5.74) is 5.64. The number of benzene rings is 3. The Labute approximate surface area is 157 Å². The molecule has 0 unspecified atom stereocenters. The molecule has 0 bridgehead atoms. The van der Waals surface area contributed by atoms with Crippen molar-refractivity contribution in [2.75, 3.05) is 0 Å². The number of aryl methyl sites for hydroxylation is 1. The molecule has 3 aromatic carbocycles. The van der Waals surface area contributed by atoms with Gasteiger partial charge in [-0.3, -0.25) is 4.99 Å². The average molecular weight is 394 g/mol. The van der Waals surface area contributed by atoms with Gasteiger partial charge in [0, 0.05) is 6.21 Å². The smallest absolute Gasteiger partial charge is 0.134 e. The van der Waals surface area contributed by atoms with Crippen molar-refractivity contribution < 1.29 is 4.74 Å². The minimum absolute atomic E-state index is 0.551. The first-order chi connectivity index (χ1) is 12.1. The Bertz CT molecular complexity index is 888. The van der Waals surface area contributed by atoms with Gasteiger partial charge in [0.2, 0.25) is 0 Å². The minimum atomic E-state index is 0.551. The molecular formula is C22H20BrNO. The lowest BCUT2D eigenvalue weighted by Gasteiger charge is -2.09. The molecule has 0 N–H and O–H groups in total. The fourth-order valence-electron chi connectivity index (χ4n) is 2.47. The zero-order valence-corrected chi connectivity index (χ0v) is 16.0. The van der Waals surface area contributed by atoms with Crippen molar-refractivity contribution in [2.45, 2.75) is 20.5 Å². The summed E-state index contributed by atoms with van der Waals surface area (Å²) in [4.78, 5) is 4.61. The zero-order valence-electron chi connectivity index (χ0n) is 14.4. The van der Waals surface area contributed by atoms with Gasteiger partial charge in [0.1, 0.15) is 12.4 Å². The molecule has 0 spiro atoms. The van der Waals surface area contributed by atoms with Crippen LogP contribution in [0.15, 0.2) is 76.2 Å². The van der Waals surface area contributed by atoms with E-state index in [1.54, 1.807) is 0 Å². The van der Waals surface area contributed by atoms with Gasteiger partial charge in [-0.15, -0.1) is 0 Å². The third kappa shape index (κ3) is 4.58. The summed E-state index contributed by atoms with van der Waals surface area (Å²) in [5.74, 6) is 0.827. The van der Waals surface area contributed by atoms with Gasteiger partial charge in [-0.05, 0) is 76.3 Å². The van der Waals surface area contributed by atoms with Crippen molar-refractivity contribution in [1.29, 1.82) is 0 Å². The number of rotatable bonds is 5. The summed E-state index contributed by atoms with van der Waals surface area (Å²) in [6.45, 7) is 4.75. The first-order valence-corrected chi connectivity index (χ1v) is 8.99. The maximum absolute atomic E-state index is 5.88. The molecule has 126 valence electrons. The second kappa shape index (κ2) is 8.13. The zero-order chi connectivity index (χ0) is 17.6. The number of hydrogen-bond donors (Lipinski definition) is 0. The molecule has 3 rings (SSSR count). The Morgan fingerprint density at radius 2 is 1.76 bits per heavy atom. The van der Waals surface area contributed by atoms with Crippen molar-refractivity contribution in [3.63, 3.8) is 0 Å². The molecule has 0 aliphatic carbocycles. The van der Waals surface area contributed by atoms with Crippen molar-refractivity contribution in [1.82, 2.24) is 0 Å².